The number of anilines is 2. The minimum Gasteiger partial charge on any atom is -0.341 e. The van der Waals surface area contributed by atoms with Crippen LogP contribution in [-0.2, 0) is 6.54 Å². The Morgan fingerprint density at radius 1 is 0.923 bits per heavy atom. The molecule has 1 aromatic heterocycles. The molecule has 0 aliphatic carbocycles. The highest BCUT2D eigenvalue weighted by atomic mass is 32.1. The average molecular weight is 363 g/mol. The monoisotopic (exact) mass is 363 g/mol. The van der Waals surface area contributed by atoms with Crippen molar-refractivity contribution >= 4 is 50.5 Å². The fraction of sp³-hybridized carbons (Fsp3) is 0.0952. The largest absolute Gasteiger partial charge is 0.341 e. The minimum atomic E-state index is -0.335. The van der Waals surface area contributed by atoms with Crippen LogP contribution in [0.1, 0.15) is 6.92 Å². The van der Waals surface area contributed by atoms with Crippen LogP contribution in [0.3, 0.4) is 0 Å². The Balaban J connectivity index is 1.66. The van der Waals surface area contributed by atoms with E-state index >= 15 is 0 Å². The van der Waals surface area contributed by atoms with Gasteiger partial charge in [0.25, 0.3) is 0 Å². The molecule has 0 aliphatic heterocycles. The van der Waals surface area contributed by atoms with Gasteiger partial charge in [0.1, 0.15) is 5.82 Å². The second-order valence-electron chi connectivity index (χ2n) is 6.05. The molecule has 3 nitrogen and oxygen atoms in total. The van der Waals surface area contributed by atoms with Gasteiger partial charge < -0.3 is 15.2 Å². The standard InChI is InChI=1S/C21H18FN3S/c1-2-25-19-10-6-3-7-15(19)16-13-14(11-12-20(16)25)23-21(26)24-18-9-5-4-8-17(18)22/h3-13H,2H2,1H3,(H2,23,24,26). The topological polar surface area (TPSA) is 29.0 Å². The summed E-state index contributed by atoms with van der Waals surface area (Å²) in [5, 5.41) is 8.78. The van der Waals surface area contributed by atoms with E-state index in [2.05, 4.69) is 52.5 Å². The van der Waals surface area contributed by atoms with Crippen molar-refractivity contribution in [2.24, 2.45) is 0 Å². The normalized spacial score (nSPS) is 11.0. The Labute approximate surface area is 156 Å². The zero-order valence-corrected chi connectivity index (χ0v) is 15.1. The molecular weight excluding hydrogens is 345 g/mol. The van der Waals surface area contributed by atoms with Gasteiger partial charge in [0.15, 0.2) is 5.11 Å². The number of halogens is 1. The summed E-state index contributed by atoms with van der Waals surface area (Å²) in [6, 6.07) is 21.0. The first kappa shape index (κ1) is 16.5. The second kappa shape index (κ2) is 6.77. The molecule has 0 atom stereocenters. The van der Waals surface area contributed by atoms with Crippen LogP contribution in [0.2, 0.25) is 0 Å². The summed E-state index contributed by atoms with van der Waals surface area (Å²) in [5.41, 5.74) is 3.63. The van der Waals surface area contributed by atoms with Crippen LogP contribution in [0.15, 0.2) is 66.7 Å². The van der Waals surface area contributed by atoms with Gasteiger partial charge in [-0.05, 0) is 55.5 Å². The lowest BCUT2D eigenvalue weighted by atomic mass is 10.1. The van der Waals surface area contributed by atoms with Crippen molar-refractivity contribution in [3.8, 4) is 0 Å². The number of para-hydroxylation sites is 2. The maximum Gasteiger partial charge on any atom is 0.175 e. The van der Waals surface area contributed by atoms with E-state index in [4.69, 9.17) is 12.2 Å². The fourth-order valence-corrected chi connectivity index (χ4v) is 3.55. The number of nitrogens with zero attached hydrogens (tertiary/aromatic N) is 1. The Morgan fingerprint density at radius 3 is 2.46 bits per heavy atom. The summed E-state index contributed by atoms with van der Waals surface area (Å²) in [6.45, 7) is 3.05. The number of hydrogen-bond acceptors (Lipinski definition) is 1. The number of aryl methyl sites for hydroxylation is 1. The predicted molar refractivity (Wildman–Crippen MR) is 111 cm³/mol. The van der Waals surface area contributed by atoms with E-state index in [1.165, 1.54) is 27.9 Å². The van der Waals surface area contributed by atoms with E-state index in [9.17, 15) is 4.39 Å². The average Bonchev–Trinajstić information content (AvgIpc) is 2.97. The Bertz CT molecular complexity index is 1120. The van der Waals surface area contributed by atoms with Crippen LogP contribution in [0.4, 0.5) is 15.8 Å². The van der Waals surface area contributed by atoms with Crippen molar-refractivity contribution in [3.05, 3.63) is 72.5 Å². The summed E-state index contributed by atoms with van der Waals surface area (Å²) in [4.78, 5) is 0. The highest BCUT2D eigenvalue weighted by molar-refractivity contribution is 7.80. The van der Waals surface area contributed by atoms with Gasteiger partial charge >= 0.3 is 0 Å². The Kier molecular flexibility index (Phi) is 4.31. The van der Waals surface area contributed by atoms with Gasteiger partial charge in [-0.25, -0.2) is 4.39 Å². The van der Waals surface area contributed by atoms with Gasteiger partial charge in [-0.3, -0.25) is 0 Å². The molecule has 0 saturated carbocycles. The fourth-order valence-electron chi connectivity index (χ4n) is 3.32. The van der Waals surface area contributed by atoms with E-state index in [0.717, 1.165) is 12.2 Å². The molecule has 0 bridgehead atoms. The van der Waals surface area contributed by atoms with Gasteiger partial charge in [0, 0.05) is 34.0 Å². The van der Waals surface area contributed by atoms with Crippen LogP contribution in [0.25, 0.3) is 21.8 Å². The highest BCUT2D eigenvalue weighted by Gasteiger charge is 2.10. The molecule has 0 unspecified atom stereocenters. The summed E-state index contributed by atoms with van der Waals surface area (Å²) < 4.78 is 16.1. The molecule has 3 aromatic carbocycles. The zero-order chi connectivity index (χ0) is 18.1. The maximum absolute atomic E-state index is 13.8. The third-order valence-electron chi connectivity index (χ3n) is 4.47. The zero-order valence-electron chi connectivity index (χ0n) is 14.3. The van der Waals surface area contributed by atoms with E-state index in [1.54, 1.807) is 18.2 Å². The van der Waals surface area contributed by atoms with Crippen LogP contribution in [-0.4, -0.2) is 9.68 Å². The highest BCUT2D eigenvalue weighted by Crippen LogP contribution is 2.31. The van der Waals surface area contributed by atoms with E-state index in [0.29, 0.717) is 10.8 Å². The van der Waals surface area contributed by atoms with Crippen molar-refractivity contribution in [2.75, 3.05) is 10.6 Å². The molecule has 0 aliphatic rings. The van der Waals surface area contributed by atoms with E-state index < -0.39 is 0 Å². The minimum absolute atomic E-state index is 0.335. The predicted octanol–water partition coefficient (Wildman–Crippen LogP) is 5.76. The molecule has 4 aromatic rings. The molecule has 130 valence electrons. The quantitative estimate of drug-likeness (QED) is 0.453. The lowest BCUT2D eigenvalue weighted by molar-refractivity contribution is 0.632. The van der Waals surface area contributed by atoms with Crippen molar-refractivity contribution in [3.63, 3.8) is 0 Å². The van der Waals surface area contributed by atoms with Gasteiger partial charge in [-0.15, -0.1) is 0 Å². The van der Waals surface area contributed by atoms with Gasteiger partial charge in [0.2, 0.25) is 0 Å². The number of nitrogens with one attached hydrogen (secondary N) is 2. The summed E-state index contributed by atoms with van der Waals surface area (Å²) in [6.07, 6.45) is 0. The van der Waals surface area contributed by atoms with Crippen LogP contribution >= 0.6 is 12.2 Å². The van der Waals surface area contributed by atoms with Crippen molar-refractivity contribution < 1.29 is 4.39 Å². The first-order chi connectivity index (χ1) is 12.7. The summed E-state index contributed by atoms with van der Waals surface area (Å²) in [5.74, 6) is -0.335. The van der Waals surface area contributed by atoms with Crippen LogP contribution in [0, 0.1) is 5.82 Å². The SMILES string of the molecule is CCn1c2ccccc2c2cc(NC(=S)Nc3ccccc3F)ccc21. The van der Waals surface area contributed by atoms with Crippen LogP contribution < -0.4 is 10.6 Å². The smallest absolute Gasteiger partial charge is 0.175 e. The van der Waals surface area contributed by atoms with Gasteiger partial charge in [0.05, 0.1) is 5.69 Å². The molecule has 4 rings (SSSR count). The first-order valence-corrected chi connectivity index (χ1v) is 8.91. The molecule has 0 radical (unpaired) electrons. The number of benzene rings is 3. The second-order valence-corrected chi connectivity index (χ2v) is 6.46. The lowest BCUT2D eigenvalue weighted by Crippen LogP contribution is -2.19. The van der Waals surface area contributed by atoms with E-state index in [-0.39, 0.29) is 5.82 Å². The van der Waals surface area contributed by atoms with Crippen molar-refractivity contribution in [1.82, 2.24) is 4.57 Å². The molecule has 0 fully saturated rings. The van der Waals surface area contributed by atoms with Crippen molar-refractivity contribution in [2.45, 2.75) is 13.5 Å². The lowest BCUT2D eigenvalue weighted by Gasteiger charge is -2.11. The molecule has 26 heavy (non-hydrogen) atoms. The van der Waals surface area contributed by atoms with Crippen molar-refractivity contribution in [1.29, 1.82) is 0 Å². The number of aromatic nitrogens is 1. The summed E-state index contributed by atoms with van der Waals surface area (Å²) >= 11 is 5.33. The van der Waals surface area contributed by atoms with E-state index in [1.807, 2.05) is 12.1 Å². The number of fused-ring (bicyclic) bond motifs is 3. The number of thiocarbonyl (C=S) groups is 1. The molecule has 2 N–H and O–H groups in total. The first-order valence-electron chi connectivity index (χ1n) is 8.51. The Morgan fingerprint density at radius 2 is 1.65 bits per heavy atom. The molecule has 0 saturated heterocycles. The van der Waals surface area contributed by atoms with Gasteiger partial charge in [-0.2, -0.15) is 0 Å². The Hall–Kier alpha value is -2.92. The molecular formula is C21H18FN3S. The van der Waals surface area contributed by atoms with Gasteiger partial charge in [-0.1, -0.05) is 30.3 Å². The molecule has 0 spiro atoms. The number of rotatable bonds is 3. The maximum atomic E-state index is 13.8. The molecule has 0 amide bonds. The molecule has 1 heterocycles. The third-order valence-corrected chi connectivity index (χ3v) is 4.67. The number of hydrogen-bond donors (Lipinski definition) is 2. The third kappa shape index (κ3) is 2.91. The summed E-state index contributed by atoms with van der Waals surface area (Å²) in [7, 11) is 0. The molecule has 5 heteroatoms. The van der Waals surface area contributed by atoms with Crippen LogP contribution in [0.5, 0.6) is 0 Å².